The van der Waals surface area contributed by atoms with Crippen LogP contribution < -0.4 is 5.32 Å². The van der Waals surface area contributed by atoms with Gasteiger partial charge >= 0.3 is 0 Å². The lowest BCUT2D eigenvalue weighted by atomic mass is 9.95. The number of thiophene rings is 2. The third kappa shape index (κ3) is 5.22. The van der Waals surface area contributed by atoms with Crippen molar-refractivity contribution in [3.8, 4) is 10.4 Å². The maximum Gasteiger partial charge on any atom is 0.263 e. The molecule has 162 valence electrons. The number of aryl methyl sites for hydroxylation is 1. The van der Waals surface area contributed by atoms with Gasteiger partial charge in [0.2, 0.25) is 5.91 Å². The zero-order chi connectivity index (χ0) is 21.8. The van der Waals surface area contributed by atoms with Gasteiger partial charge in [0.05, 0.1) is 4.88 Å². The quantitative estimate of drug-likeness (QED) is 0.559. The first-order valence-electron chi connectivity index (χ1n) is 10.5. The number of carbonyl (C=O) groups is 2. The van der Waals surface area contributed by atoms with Gasteiger partial charge in [0.15, 0.2) is 0 Å². The van der Waals surface area contributed by atoms with Crippen molar-refractivity contribution in [1.82, 2.24) is 10.2 Å². The second-order valence-electron chi connectivity index (χ2n) is 7.82. The van der Waals surface area contributed by atoms with Crippen LogP contribution in [0.3, 0.4) is 0 Å². The van der Waals surface area contributed by atoms with E-state index in [9.17, 15) is 14.0 Å². The maximum absolute atomic E-state index is 13.2. The van der Waals surface area contributed by atoms with Gasteiger partial charge in [0.25, 0.3) is 5.91 Å². The molecular weight excluding hydrogens is 431 g/mol. The summed E-state index contributed by atoms with van der Waals surface area (Å²) in [5, 5.41) is 5.08. The molecule has 2 aromatic heterocycles. The lowest BCUT2D eigenvalue weighted by Crippen LogP contribution is -2.43. The lowest BCUT2D eigenvalue weighted by molar-refractivity contribution is -0.126. The van der Waals surface area contributed by atoms with Gasteiger partial charge in [-0.1, -0.05) is 18.2 Å². The highest BCUT2D eigenvalue weighted by molar-refractivity contribution is 7.17. The van der Waals surface area contributed by atoms with Gasteiger partial charge in [-0.05, 0) is 67.0 Å². The van der Waals surface area contributed by atoms with Gasteiger partial charge in [0.1, 0.15) is 5.82 Å². The van der Waals surface area contributed by atoms with Crippen LogP contribution in [-0.4, -0.2) is 36.3 Å². The number of nitrogens with zero attached hydrogens (tertiary/aromatic N) is 1. The number of halogens is 1. The molecule has 2 amide bonds. The van der Waals surface area contributed by atoms with Crippen LogP contribution in [0.2, 0.25) is 0 Å². The normalized spacial score (nSPS) is 14.6. The Bertz CT molecular complexity index is 1040. The minimum Gasteiger partial charge on any atom is -0.355 e. The van der Waals surface area contributed by atoms with Crippen molar-refractivity contribution in [2.24, 2.45) is 5.92 Å². The Balaban J connectivity index is 1.30. The van der Waals surface area contributed by atoms with Gasteiger partial charge in [-0.3, -0.25) is 9.59 Å². The van der Waals surface area contributed by atoms with E-state index in [-0.39, 0.29) is 23.5 Å². The zero-order valence-electron chi connectivity index (χ0n) is 17.4. The average molecular weight is 457 g/mol. The minimum absolute atomic E-state index is 0.0121. The van der Waals surface area contributed by atoms with Gasteiger partial charge in [-0.2, -0.15) is 0 Å². The first-order valence-corrected chi connectivity index (χ1v) is 12.2. The van der Waals surface area contributed by atoms with E-state index in [0.29, 0.717) is 37.4 Å². The number of rotatable bonds is 6. The average Bonchev–Trinajstić information content (AvgIpc) is 3.44. The highest BCUT2D eigenvalue weighted by Gasteiger charge is 2.28. The number of likely N-dealkylation sites (tertiary alicyclic amines) is 1. The van der Waals surface area contributed by atoms with Crippen molar-refractivity contribution < 1.29 is 14.0 Å². The molecule has 0 saturated carbocycles. The second kappa shape index (κ2) is 9.75. The second-order valence-corrected chi connectivity index (χ2v) is 9.90. The van der Waals surface area contributed by atoms with Crippen molar-refractivity contribution in [1.29, 1.82) is 0 Å². The molecule has 4 rings (SSSR count). The highest BCUT2D eigenvalue weighted by Crippen LogP contribution is 2.33. The van der Waals surface area contributed by atoms with Crippen molar-refractivity contribution >= 4 is 34.5 Å². The van der Waals surface area contributed by atoms with E-state index in [1.165, 1.54) is 28.3 Å². The molecule has 0 atom stereocenters. The SMILES string of the molecule is Cc1cc(C(=O)N2CCC(C(=O)NCCc3cccs3)CC2)sc1-c1ccc(F)cc1. The number of benzene rings is 1. The number of carbonyl (C=O) groups excluding carboxylic acids is 2. The Morgan fingerprint density at radius 3 is 2.58 bits per heavy atom. The molecule has 1 aliphatic rings. The van der Waals surface area contributed by atoms with Crippen molar-refractivity contribution in [2.75, 3.05) is 19.6 Å². The van der Waals surface area contributed by atoms with E-state index in [1.54, 1.807) is 23.5 Å². The van der Waals surface area contributed by atoms with Crippen LogP contribution in [0.15, 0.2) is 47.8 Å². The lowest BCUT2D eigenvalue weighted by Gasteiger charge is -2.31. The van der Waals surface area contributed by atoms with Crippen LogP contribution >= 0.6 is 22.7 Å². The molecule has 1 aromatic carbocycles. The predicted octanol–water partition coefficient (Wildman–Crippen LogP) is 5.14. The molecule has 0 bridgehead atoms. The van der Waals surface area contributed by atoms with E-state index in [2.05, 4.69) is 11.4 Å². The first kappa shape index (κ1) is 21.7. The van der Waals surface area contributed by atoms with Crippen molar-refractivity contribution in [3.05, 3.63) is 69.0 Å². The fourth-order valence-corrected chi connectivity index (χ4v) is 5.74. The summed E-state index contributed by atoms with van der Waals surface area (Å²) in [4.78, 5) is 30.3. The Kier molecular flexibility index (Phi) is 6.83. The summed E-state index contributed by atoms with van der Waals surface area (Å²) in [6.45, 7) is 3.80. The summed E-state index contributed by atoms with van der Waals surface area (Å²) in [5.74, 6) is -0.202. The first-order chi connectivity index (χ1) is 15.0. The largest absolute Gasteiger partial charge is 0.355 e. The summed E-state index contributed by atoms with van der Waals surface area (Å²) >= 11 is 3.15. The standard InChI is InChI=1S/C24H25FN2O2S2/c1-16-15-21(31-22(16)17-4-6-19(25)7-5-17)24(29)27-12-9-18(10-13-27)23(28)26-11-8-20-3-2-14-30-20/h2-7,14-15,18H,8-13H2,1H3,(H,26,28). The molecule has 3 heterocycles. The summed E-state index contributed by atoms with van der Waals surface area (Å²) < 4.78 is 13.2. The number of amides is 2. The van der Waals surface area contributed by atoms with E-state index in [1.807, 2.05) is 29.3 Å². The van der Waals surface area contributed by atoms with Gasteiger partial charge in [-0.15, -0.1) is 22.7 Å². The monoisotopic (exact) mass is 456 g/mol. The van der Waals surface area contributed by atoms with Crippen LogP contribution in [0.4, 0.5) is 4.39 Å². The Morgan fingerprint density at radius 1 is 1.16 bits per heavy atom. The zero-order valence-corrected chi connectivity index (χ0v) is 19.0. The van der Waals surface area contributed by atoms with Gasteiger partial charge < -0.3 is 10.2 Å². The molecule has 1 aliphatic heterocycles. The van der Waals surface area contributed by atoms with E-state index >= 15 is 0 Å². The van der Waals surface area contributed by atoms with E-state index in [0.717, 1.165) is 22.4 Å². The summed E-state index contributed by atoms with van der Waals surface area (Å²) in [7, 11) is 0. The topological polar surface area (TPSA) is 49.4 Å². The Morgan fingerprint density at radius 2 is 1.90 bits per heavy atom. The van der Waals surface area contributed by atoms with Gasteiger partial charge in [-0.25, -0.2) is 4.39 Å². The van der Waals surface area contributed by atoms with Crippen LogP contribution in [0, 0.1) is 18.7 Å². The van der Waals surface area contributed by atoms with Crippen molar-refractivity contribution in [3.63, 3.8) is 0 Å². The molecule has 0 aliphatic carbocycles. The van der Waals surface area contributed by atoms with Crippen LogP contribution in [-0.2, 0) is 11.2 Å². The van der Waals surface area contributed by atoms with Crippen molar-refractivity contribution in [2.45, 2.75) is 26.2 Å². The molecule has 3 aromatic rings. The number of nitrogens with one attached hydrogen (secondary N) is 1. The van der Waals surface area contributed by atoms with Crippen LogP contribution in [0.25, 0.3) is 10.4 Å². The predicted molar refractivity (Wildman–Crippen MR) is 124 cm³/mol. The molecule has 1 N–H and O–H groups in total. The number of piperidine rings is 1. The molecule has 0 spiro atoms. The fraction of sp³-hybridized carbons (Fsp3) is 0.333. The Hall–Kier alpha value is -2.51. The third-order valence-corrected chi connectivity index (χ3v) is 7.85. The van der Waals surface area contributed by atoms with Gasteiger partial charge in [0, 0.05) is 35.3 Å². The highest BCUT2D eigenvalue weighted by atomic mass is 32.1. The molecule has 7 heteroatoms. The molecule has 0 unspecified atom stereocenters. The maximum atomic E-state index is 13.2. The Labute approximate surface area is 189 Å². The molecule has 0 radical (unpaired) electrons. The molecule has 1 fully saturated rings. The summed E-state index contributed by atoms with van der Waals surface area (Å²) in [6.07, 6.45) is 2.23. The summed E-state index contributed by atoms with van der Waals surface area (Å²) in [5.41, 5.74) is 1.93. The van der Waals surface area contributed by atoms with Crippen LogP contribution in [0.5, 0.6) is 0 Å². The minimum atomic E-state index is -0.271. The number of hydrogen-bond acceptors (Lipinski definition) is 4. The molecule has 31 heavy (non-hydrogen) atoms. The van der Waals surface area contributed by atoms with E-state index in [4.69, 9.17) is 0 Å². The third-order valence-electron chi connectivity index (χ3n) is 5.64. The smallest absolute Gasteiger partial charge is 0.263 e. The molecule has 4 nitrogen and oxygen atoms in total. The summed E-state index contributed by atoms with van der Waals surface area (Å²) in [6, 6.07) is 12.4. The van der Waals surface area contributed by atoms with E-state index < -0.39 is 0 Å². The number of hydrogen-bond donors (Lipinski definition) is 1. The van der Waals surface area contributed by atoms with Crippen LogP contribution in [0.1, 0.15) is 33.0 Å². The molecular formula is C24H25FN2O2S2. The fourth-order valence-electron chi connectivity index (χ4n) is 3.88. The molecule has 1 saturated heterocycles.